The SMILES string of the molecule is CCC(C)CCCCCCCCCCCCCCCCCCCCC(=O)OC[C@H](COP(=O)(O)OC[C@@H](O)COP(=O)(O)OC[C@@H](COC(=O)CCCCCCCCC(C)CC)OC(=O)CCCCCCCCCCC(C)C)OC(=O)CCCCCCCCCCCCCC(C)C. The quantitative estimate of drug-likeness (QED) is 0.0222. The van der Waals surface area contributed by atoms with Gasteiger partial charge < -0.3 is 33.8 Å². The van der Waals surface area contributed by atoms with Gasteiger partial charge in [0.2, 0.25) is 0 Å². The third-order valence-electron chi connectivity index (χ3n) is 18.8. The van der Waals surface area contributed by atoms with Crippen LogP contribution in [0.4, 0.5) is 0 Å². The topological polar surface area (TPSA) is 237 Å². The van der Waals surface area contributed by atoms with Gasteiger partial charge in [0.15, 0.2) is 12.2 Å². The molecule has 0 aliphatic heterocycles. The molecule has 0 aliphatic carbocycles. The van der Waals surface area contributed by atoms with Crippen LogP contribution in [0.15, 0.2) is 0 Å². The molecule has 576 valence electrons. The third kappa shape index (κ3) is 69.5. The number of rotatable bonds is 75. The second-order valence-electron chi connectivity index (χ2n) is 29.5. The molecule has 0 amide bonds. The van der Waals surface area contributed by atoms with Crippen molar-refractivity contribution in [3.8, 4) is 0 Å². The van der Waals surface area contributed by atoms with Gasteiger partial charge in [-0.3, -0.25) is 37.3 Å². The van der Waals surface area contributed by atoms with Crippen molar-refractivity contribution in [3.63, 3.8) is 0 Å². The Hall–Kier alpha value is -1.94. The van der Waals surface area contributed by atoms with E-state index in [0.717, 1.165) is 120 Å². The summed E-state index contributed by atoms with van der Waals surface area (Å²) in [6.07, 6.45) is 52.9. The van der Waals surface area contributed by atoms with Gasteiger partial charge in [0.1, 0.15) is 19.3 Å². The van der Waals surface area contributed by atoms with Crippen LogP contribution >= 0.6 is 15.6 Å². The van der Waals surface area contributed by atoms with Gasteiger partial charge in [-0.05, 0) is 49.4 Å². The van der Waals surface area contributed by atoms with Crippen LogP contribution in [-0.4, -0.2) is 96.7 Å². The molecule has 0 radical (unpaired) electrons. The van der Waals surface area contributed by atoms with Crippen molar-refractivity contribution >= 4 is 39.5 Å². The molecule has 0 aliphatic rings. The van der Waals surface area contributed by atoms with Gasteiger partial charge >= 0.3 is 39.5 Å². The molecule has 0 bridgehead atoms. The summed E-state index contributed by atoms with van der Waals surface area (Å²) in [6, 6.07) is 0. The fraction of sp³-hybridized carbons (Fsp3) is 0.949. The second-order valence-corrected chi connectivity index (χ2v) is 32.4. The fourth-order valence-electron chi connectivity index (χ4n) is 11.8. The lowest BCUT2D eigenvalue weighted by atomic mass is 9.99. The fourth-order valence-corrected chi connectivity index (χ4v) is 13.4. The number of aliphatic hydroxyl groups excluding tert-OH is 1. The number of aliphatic hydroxyl groups is 1. The van der Waals surface area contributed by atoms with E-state index in [9.17, 15) is 43.2 Å². The maximum Gasteiger partial charge on any atom is 0.472 e. The maximum absolute atomic E-state index is 13.1. The molecule has 0 spiro atoms. The van der Waals surface area contributed by atoms with Crippen molar-refractivity contribution in [2.45, 2.75) is 414 Å². The van der Waals surface area contributed by atoms with Gasteiger partial charge in [-0.25, -0.2) is 9.13 Å². The lowest BCUT2D eigenvalue weighted by Crippen LogP contribution is -2.30. The lowest BCUT2D eigenvalue weighted by molar-refractivity contribution is -0.161. The van der Waals surface area contributed by atoms with Crippen LogP contribution in [0.25, 0.3) is 0 Å². The van der Waals surface area contributed by atoms with E-state index < -0.39 is 97.5 Å². The zero-order valence-electron chi connectivity index (χ0n) is 63.7. The van der Waals surface area contributed by atoms with E-state index in [4.69, 9.17) is 37.0 Å². The first kappa shape index (κ1) is 95.1. The predicted octanol–water partition coefficient (Wildman–Crippen LogP) is 22.8. The minimum Gasteiger partial charge on any atom is -0.462 e. The van der Waals surface area contributed by atoms with Crippen LogP contribution in [-0.2, 0) is 65.4 Å². The van der Waals surface area contributed by atoms with Gasteiger partial charge in [-0.1, -0.05) is 344 Å². The average Bonchev–Trinajstić information content (AvgIpc) is 1.08. The molecule has 97 heavy (non-hydrogen) atoms. The van der Waals surface area contributed by atoms with Crippen LogP contribution < -0.4 is 0 Å². The second kappa shape index (κ2) is 67.2. The molecule has 17 nitrogen and oxygen atoms in total. The zero-order valence-corrected chi connectivity index (χ0v) is 65.5. The number of phosphoric ester groups is 2. The van der Waals surface area contributed by atoms with Gasteiger partial charge in [-0.15, -0.1) is 0 Å². The van der Waals surface area contributed by atoms with Gasteiger partial charge in [0.05, 0.1) is 26.4 Å². The summed E-state index contributed by atoms with van der Waals surface area (Å²) < 4.78 is 68.5. The summed E-state index contributed by atoms with van der Waals surface area (Å²) in [5.41, 5.74) is 0. The van der Waals surface area contributed by atoms with E-state index in [1.54, 1.807) is 0 Å². The Balaban J connectivity index is 5.18. The number of carbonyl (C=O) groups is 4. The van der Waals surface area contributed by atoms with Gasteiger partial charge in [-0.2, -0.15) is 0 Å². The molecule has 0 rings (SSSR count). The molecule has 4 unspecified atom stereocenters. The van der Waals surface area contributed by atoms with Crippen molar-refractivity contribution in [1.82, 2.24) is 0 Å². The normalized spacial score (nSPS) is 14.6. The summed E-state index contributed by atoms with van der Waals surface area (Å²) in [7, 11) is -9.91. The van der Waals surface area contributed by atoms with E-state index in [1.807, 2.05) is 0 Å². The predicted molar refractivity (Wildman–Crippen MR) is 395 cm³/mol. The van der Waals surface area contributed by atoms with E-state index in [0.29, 0.717) is 25.7 Å². The van der Waals surface area contributed by atoms with E-state index in [1.165, 1.54) is 193 Å². The Morgan fingerprint density at radius 3 is 0.732 bits per heavy atom. The van der Waals surface area contributed by atoms with Crippen molar-refractivity contribution in [2.75, 3.05) is 39.6 Å². The van der Waals surface area contributed by atoms with Crippen LogP contribution in [0.3, 0.4) is 0 Å². The number of esters is 4. The number of ether oxygens (including phenoxy) is 4. The first-order valence-corrected chi connectivity index (χ1v) is 43.3. The number of phosphoric acid groups is 2. The monoisotopic (exact) mass is 1420 g/mol. The highest BCUT2D eigenvalue weighted by Crippen LogP contribution is 2.45. The number of unbranched alkanes of at least 4 members (excludes halogenated alkanes) is 39. The molecule has 0 aromatic rings. The molecule has 0 heterocycles. The average molecular weight is 1420 g/mol. The van der Waals surface area contributed by atoms with Crippen molar-refractivity contribution in [2.24, 2.45) is 23.7 Å². The maximum atomic E-state index is 13.1. The van der Waals surface area contributed by atoms with Crippen molar-refractivity contribution < 1.29 is 80.2 Å². The largest absolute Gasteiger partial charge is 0.472 e. The minimum absolute atomic E-state index is 0.103. The van der Waals surface area contributed by atoms with Crippen LogP contribution in [0.5, 0.6) is 0 Å². The van der Waals surface area contributed by atoms with E-state index >= 15 is 0 Å². The highest BCUT2D eigenvalue weighted by Gasteiger charge is 2.30. The summed E-state index contributed by atoms with van der Waals surface area (Å²) in [6.45, 7) is 14.2. The Labute approximate surface area is 594 Å². The molecule has 3 N–H and O–H groups in total. The van der Waals surface area contributed by atoms with Crippen LogP contribution in [0, 0.1) is 23.7 Å². The number of hydrogen-bond donors (Lipinski definition) is 3. The Bertz CT molecular complexity index is 1910. The first-order valence-electron chi connectivity index (χ1n) is 40.3. The zero-order chi connectivity index (χ0) is 71.7. The summed E-state index contributed by atoms with van der Waals surface area (Å²) >= 11 is 0. The molecule has 0 fully saturated rings. The summed E-state index contributed by atoms with van der Waals surface area (Å²) in [4.78, 5) is 72.8. The van der Waals surface area contributed by atoms with Crippen molar-refractivity contribution in [3.05, 3.63) is 0 Å². The van der Waals surface area contributed by atoms with E-state index in [2.05, 4.69) is 55.4 Å². The molecule has 0 saturated heterocycles. The van der Waals surface area contributed by atoms with Crippen LogP contribution in [0.2, 0.25) is 0 Å². The summed E-state index contributed by atoms with van der Waals surface area (Å²) in [5, 5.41) is 10.6. The minimum atomic E-state index is -4.96. The Kier molecular flexibility index (Phi) is 65.9. The molecule has 19 heteroatoms. The lowest BCUT2D eigenvalue weighted by Gasteiger charge is -2.21. The molecule has 7 atom stereocenters. The first-order chi connectivity index (χ1) is 46.7. The van der Waals surface area contributed by atoms with Crippen molar-refractivity contribution in [1.29, 1.82) is 0 Å². The van der Waals surface area contributed by atoms with Crippen LogP contribution in [0.1, 0.15) is 396 Å². The highest BCUT2D eigenvalue weighted by molar-refractivity contribution is 7.47. The molecule has 0 aromatic heterocycles. The van der Waals surface area contributed by atoms with Gasteiger partial charge in [0.25, 0.3) is 0 Å². The molecule has 0 aromatic carbocycles. The standard InChI is InChI=1S/C78H152O17P2/c1-9-70(7)56-48-40-32-25-21-17-15-13-11-12-14-16-18-22-26-33-42-50-58-75(80)88-64-73(94-77(82)60-52-44-34-27-23-19-20-24-30-38-46-54-68(3)4)66-92-96(84,85)90-62-72(79)63-91-97(86,87)93-67-74(65-89-76(81)59-51-43-37-36-41-49-57-71(8)10-2)95-78(83)61-53-45-35-29-28-31-39-47-55-69(5)6/h68-74,79H,9-67H2,1-8H3,(H,84,85)(H,86,87)/t70?,71?,72-,73-,74-/m1/s1. The van der Waals surface area contributed by atoms with E-state index in [-0.39, 0.29) is 25.7 Å². The third-order valence-corrected chi connectivity index (χ3v) is 20.7. The smallest absolute Gasteiger partial charge is 0.462 e. The highest BCUT2D eigenvalue weighted by atomic mass is 31.2. The number of hydrogen-bond acceptors (Lipinski definition) is 15. The molecule has 0 saturated carbocycles. The summed E-state index contributed by atoms with van der Waals surface area (Å²) in [5.74, 6) is 0.966. The molecular weight excluding hydrogens is 1270 g/mol. The molecular formula is C78H152O17P2. The Morgan fingerprint density at radius 2 is 0.495 bits per heavy atom. The van der Waals surface area contributed by atoms with Gasteiger partial charge in [0, 0.05) is 25.7 Å². The Morgan fingerprint density at radius 1 is 0.289 bits per heavy atom. The number of carbonyl (C=O) groups excluding carboxylic acids is 4.